The fourth-order valence-electron chi connectivity index (χ4n) is 3.21. The normalized spacial score (nSPS) is 15.9. The number of halogens is 2. The van der Waals surface area contributed by atoms with Crippen LogP contribution < -0.4 is 0 Å². The van der Waals surface area contributed by atoms with Crippen LogP contribution in [0.1, 0.15) is 42.9 Å². The molecule has 1 amide bonds. The number of rotatable bonds is 5. The number of hydrogen-bond acceptors (Lipinski definition) is 4. The Morgan fingerprint density at radius 1 is 1.21 bits per heavy atom. The Morgan fingerprint density at radius 3 is 2.41 bits per heavy atom. The molecule has 0 radical (unpaired) electrons. The van der Waals surface area contributed by atoms with Crippen molar-refractivity contribution in [2.45, 2.75) is 38.1 Å². The van der Waals surface area contributed by atoms with Crippen LogP contribution in [0, 0.1) is 5.82 Å². The molecule has 0 N–H and O–H groups in total. The lowest BCUT2D eigenvalue weighted by molar-refractivity contribution is 0.0685. The summed E-state index contributed by atoms with van der Waals surface area (Å²) in [4.78, 5) is 14.5. The van der Waals surface area contributed by atoms with Gasteiger partial charge in [0.15, 0.2) is 0 Å². The van der Waals surface area contributed by atoms with Gasteiger partial charge in [0.05, 0.1) is 15.6 Å². The second-order valence-electron chi connectivity index (χ2n) is 7.20. The van der Waals surface area contributed by atoms with Crippen molar-refractivity contribution in [2.75, 3.05) is 26.2 Å². The molecule has 1 aromatic carbocycles. The van der Waals surface area contributed by atoms with Gasteiger partial charge in [0.2, 0.25) is 10.0 Å². The molecule has 29 heavy (non-hydrogen) atoms. The SMILES string of the molecule is CCn1nc(C(C)C)cc1C(=O)N1CCN(S(=O)(=O)c2ccc(F)c(Cl)c2)CC1. The van der Waals surface area contributed by atoms with Gasteiger partial charge in [-0.1, -0.05) is 25.4 Å². The molecule has 0 bridgehead atoms. The number of amides is 1. The molecule has 1 aliphatic rings. The molecule has 1 saturated heterocycles. The highest BCUT2D eigenvalue weighted by molar-refractivity contribution is 7.89. The molecule has 1 fully saturated rings. The summed E-state index contributed by atoms with van der Waals surface area (Å²) in [6.07, 6.45) is 0. The van der Waals surface area contributed by atoms with Gasteiger partial charge in [-0.25, -0.2) is 12.8 Å². The summed E-state index contributed by atoms with van der Waals surface area (Å²) in [5.74, 6) is -0.624. The molecule has 0 unspecified atom stereocenters. The molecule has 0 saturated carbocycles. The van der Waals surface area contributed by atoms with Gasteiger partial charge in [0.25, 0.3) is 5.91 Å². The summed E-state index contributed by atoms with van der Waals surface area (Å²) in [5.41, 5.74) is 1.36. The topological polar surface area (TPSA) is 75.5 Å². The van der Waals surface area contributed by atoms with Crippen molar-refractivity contribution in [3.63, 3.8) is 0 Å². The van der Waals surface area contributed by atoms with Crippen molar-refractivity contribution in [1.29, 1.82) is 0 Å². The summed E-state index contributed by atoms with van der Waals surface area (Å²) >= 11 is 5.72. The standard InChI is InChI=1S/C19H24ClFN4O3S/c1-4-25-18(12-17(22-25)13(2)3)19(26)23-7-9-24(10-8-23)29(27,28)14-5-6-16(21)15(20)11-14/h5-6,11-13H,4,7-10H2,1-3H3. The van der Waals surface area contributed by atoms with E-state index in [4.69, 9.17) is 11.6 Å². The number of carbonyl (C=O) groups is 1. The molecule has 1 aliphatic heterocycles. The molecule has 1 aromatic heterocycles. The van der Waals surface area contributed by atoms with Gasteiger partial charge in [-0.3, -0.25) is 9.48 Å². The lowest BCUT2D eigenvalue weighted by Crippen LogP contribution is -2.50. The molecule has 0 aliphatic carbocycles. The first-order valence-corrected chi connectivity index (χ1v) is 11.3. The number of sulfonamides is 1. The molecule has 7 nitrogen and oxygen atoms in total. The fourth-order valence-corrected chi connectivity index (χ4v) is 4.91. The molecular weight excluding hydrogens is 419 g/mol. The molecule has 2 heterocycles. The summed E-state index contributed by atoms with van der Waals surface area (Å²) in [6, 6.07) is 5.14. The predicted molar refractivity (Wildman–Crippen MR) is 108 cm³/mol. The minimum Gasteiger partial charge on any atom is -0.335 e. The van der Waals surface area contributed by atoms with Crippen molar-refractivity contribution in [3.05, 3.63) is 46.5 Å². The number of piperazine rings is 1. The lowest BCUT2D eigenvalue weighted by Gasteiger charge is -2.34. The van der Waals surface area contributed by atoms with E-state index in [1.54, 1.807) is 15.6 Å². The predicted octanol–water partition coefficient (Wildman–Crippen LogP) is 2.97. The zero-order valence-corrected chi connectivity index (χ0v) is 18.2. The highest BCUT2D eigenvalue weighted by Crippen LogP contribution is 2.24. The van der Waals surface area contributed by atoms with E-state index in [2.05, 4.69) is 5.10 Å². The quantitative estimate of drug-likeness (QED) is 0.713. The van der Waals surface area contributed by atoms with E-state index in [1.165, 1.54) is 10.4 Å². The Kier molecular flexibility index (Phi) is 6.30. The first kappa shape index (κ1) is 21.7. The van der Waals surface area contributed by atoms with E-state index in [0.29, 0.717) is 12.2 Å². The Labute approximate surface area is 175 Å². The third-order valence-electron chi connectivity index (χ3n) is 4.96. The summed E-state index contributed by atoms with van der Waals surface area (Å²) in [7, 11) is -3.81. The van der Waals surface area contributed by atoms with Gasteiger partial charge in [-0.2, -0.15) is 9.40 Å². The first-order valence-electron chi connectivity index (χ1n) is 9.47. The monoisotopic (exact) mass is 442 g/mol. The van der Waals surface area contributed by atoms with Gasteiger partial charge in [0, 0.05) is 32.7 Å². The third kappa shape index (κ3) is 4.31. The number of nitrogens with zero attached hydrogens (tertiary/aromatic N) is 4. The van der Waals surface area contributed by atoms with Crippen LogP contribution in [-0.4, -0.2) is 59.5 Å². The first-order chi connectivity index (χ1) is 13.6. The van der Waals surface area contributed by atoms with Crippen LogP contribution in [0.15, 0.2) is 29.2 Å². The van der Waals surface area contributed by atoms with Crippen LogP contribution in [0.2, 0.25) is 5.02 Å². The van der Waals surface area contributed by atoms with E-state index in [9.17, 15) is 17.6 Å². The maximum absolute atomic E-state index is 13.4. The molecule has 2 aromatic rings. The van der Waals surface area contributed by atoms with Crippen LogP contribution in [0.5, 0.6) is 0 Å². The van der Waals surface area contributed by atoms with Gasteiger partial charge in [0.1, 0.15) is 11.5 Å². The Morgan fingerprint density at radius 2 is 1.86 bits per heavy atom. The highest BCUT2D eigenvalue weighted by atomic mass is 35.5. The molecule has 3 rings (SSSR count). The van der Waals surface area contributed by atoms with Crippen molar-refractivity contribution in [1.82, 2.24) is 19.0 Å². The van der Waals surface area contributed by atoms with E-state index >= 15 is 0 Å². The van der Waals surface area contributed by atoms with Crippen molar-refractivity contribution in [3.8, 4) is 0 Å². The van der Waals surface area contributed by atoms with E-state index in [1.807, 2.05) is 20.8 Å². The largest absolute Gasteiger partial charge is 0.335 e. The van der Waals surface area contributed by atoms with E-state index in [-0.39, 0.29) is 47.9 Å². The maximum atomic E-state index is 13.4. The summed E-state index contributed by atoms with van der Waals surface area (Å²) in [5, 5.41) is 4.23. The molecular formula is C19H24ClFN4O3S. The Balaban J connectivity index is 1.73. The average Bonchev–Trinajstić information content (AvgIpc) is 3.14. The molecule has 0 spiro atoms. The van der Waals surface area contributed by atoms with E-state index < -0.39 is 15.8 Å². The van der Waals surface area contributed by atoms with Crippen LogP contribution in [0.25, 0.3) is 0 Å². The minimum absolute atomic E-state index is 0.0608. The summed E-state index contributed by atoms with van der Waals surface area (Å²) < 4.78 is 41.9. The second kappa shape index (κ2) is 8.41. The van der Waals surface area contributed by atoms with Crippen LogP contribution >= 0.6 is 11.6 Å². The van der Waals surface area contributed by atoms with Crippen molar-refractivity contribution >= 4 is 27.5 Å². The number of aryl methyl sites for hydroxylation is 1. The van der Waals surface area contributed by atoms with E-state index in [0.717, 1.165) is 17.8 Å². The van der Waals surface area contributed by atoms with Gasteiger partial charge >= 0.3 is 0 Å². The van der Waals surface area contributed by atoms with Crippen LogP contribution in [-0.2, 0) is 16.6 Å². The number of aromatic nitrogens is 2. The fraction of sp³-hybridized carbons (Fsp3) is 0.474. The second-order valence-corrected chi connectivity index (χ2v) is 9.54. The summed E-state index contributed by atoms with van der Waals surface area (Å²) in [6.45, 7) is 7.36. The zero-order chi connectivity index (χ0) is 21.3. The number of hydrogen-bond donors (Lipinski definition) is 0. The Bertz CT molecular complexity index is 1010. The maximum Gasteiger partial charge on any atom is 0.272 e. The Hall–Kier alpha value is -1.97. The third-order valence-corrected chi connectivity index (χ3v) is 7.15. The van der Waals surface area contributed by atoms with Crippen molar-refractivity contribution < 1.29 is 17.6 Å². The molecule has 10 heteroatoms. The van der Waals surface area contributed by atoms with Gasteiger partial charge in [-0.05, 0) is 37.1 Å². The average molecular weight is 443 g/mol. The zero-order valence-electron chi connectivity index (χ0n) is 16.6. The van der Waals surface area contributed by atoms with Crippen molar-refractivity contribution in [2.24, 2.45) is 0 Å². The lowest BCUT2D eigenvalue weighted by atomic mass is 10.1. The van der Waals surface area contributed by atoms with Gasteiger partial charge < -0.3 is 4.90 Å². The highest BCUT2D eigenvalue weighted by Gasteiger charge is 2.32. The number of benzene rings is 1. The smallest absolute Gasteiger partial charge is 0.272 e. The molecule has 158 valence electrons. The van der Waals surface area contributed by atoms with Gasteiger partial charge in [-0.15, -0.1) is 0 Å². The number of carbonyl (C=O) groups excluding carboxylic acids is 1. The minimum atomic E-state index is -3.81. The molecule has 0 atom stereocenters. The van der Waals surface area contributed by atoms with Crippen LogP contribution in [0.3, 0.4) is 0 Å². The van der Waals surface area contributed by atoms with Crippen LogP contribution in [0.4, 0.5) is 4.39 Å².